The molecule has 0 saturated carbocycles. The van der Waals surface area contributed by atoms with Crippen LogP contribution in [-0.4, -0.2) is 14.7 Å². The lowest BCUT2D eigenvalue weighted by Crippen LogP contribution is -1.87. The maximum Gasteiger partial charge on any atom is 0.168 e. The predicted octanol–water partition coefficient (Wildman–Crippen LogP) is 2.26. The van der Waals surface area contributed by atoms with E-state index < -0.39 is 10.7 Å². The van der Waals surface area contributed by atoms with Crippen molar-refractivity contribution in [2.45, 2.75) is 4.90 Å². The average molecular weight is 262 g/mol. The maximum absolute atomic E-state index is 10.7. The van der Waals surface area contributed by atoms with Crippen LogP contribution < -0.4 is 4.74 Å². The van der Waals surface area contributed by atoms with E-state index in [0.717, 1.165) is 6.29 Å². The van der Waals surface area contributed by atoms with Gasteiger partial charge < -0.3 is 4.74 Å². The van der Waals surface area contributed by atoms with Gasteiger partial charge in [0.2, 0.25) is 0 Å². The minimum absolute atomic E-state index is 0.235. The Bertz CT molecular complexity index is 622. The minimum atomic E-state index is -2.58. The van der Waals surface area contributed by atoms with Gasteiger partial charge in [-0.15, -0.1) is 0 Å². The van der Waals surface area contributed by atoms with Gasteiger partial charge in [0, 0.05) is 5.56 Å². The molecule has 0 unspecified atom stereocenters. The van der Waals surface area contributed by atoms with Crippen molar-refractivity contribution in [3.05, 3.63) is 54.1 Å². The molecular formula is C13H10O4S. The Morgan fingerprint density at radius 1 is 0.944 bits per heavy atom. The fraction of sp³-hybridized carbons (Fsp3) is 0. The Balaban J connectivity index is 2.20. The predicted molar refractivity (Wildman–Crippen MR) is 66.9 cm³/mol. The Morgan fingerprint density at radius 3 is 2.28 bits per heavy atom. The van der Waals surface area contributed by atoms with Gasteiger partial charge in [0.05, 0.1) is 4.90 Å². The molecule has 0 radical (unpaired) electrons. The second-order valence-electron chi connectivity index (χ2n) is 3.54. The quantitative estimate of drug-likeness (QED) is 0.678. The van der Waals surface area contributed by atoms with Crippen molar-refractivity contribution in [1.82, 2.24) is 0 Å². The average Bonchev–Trinajstić information content (AvgIpc) is 2.39. The summed E-state index contributed by atoms with van der Waals surface area (Å²) >= 11 is 0. The summed E-state index contributed by atoms with van der Waals surface area (Å²) in [6.07, 6.45) is 0.734. The van der Waals surface area contributed by atoms with Gasteiger partial charge in [-0.2, -0.15) is 0 Å². The van der Waals surface area contributed by atoms with Crippen molar-refractivity contribution in [2.24, 2.45) is 0 Å². The van der Waals surface area contributed by atoms with Crippen molar-refractivity contribution >= 4 is 17.0 Å². The lowest BCUT2D eigenvalue weighted by molar-refractivity contribution is 0.112. The second-order valence-corrected chi connectivity index (χ2v) is 4.57. The second kappa shape index (κ2) is 5.46. The van der Waals surface area contributed by atoms with Crippen LogP contribution in [0, 0.1) is 0 Å². The summed E-state index contributed by atoms with van der Waals surface area (Å²) in [5.41, 5.74) is 0.520. The Kier molecular flexibility index (Phi) is 3.74. The van der Waals surface area contributed by atoms with Crippen molar-refractivity contribution < 1.29 is 17.9 Å². The summed E-state index contributed by atoms with van der Waals surface area (Å²) < 4.78 is 26.9. The first kappa shape index (κ1) is 12.3. The third-order valence-corrected chi connectivity index (χ3v) is 3.00. The molecular weight excluding hydrogens is 252 g/mol. The van der Waals surface area contributed by atoms with E-state index in [9.17, 15) is 13.2 Å². The molecule has 5 heteroatoms. The molecule has 0 spiro atoms. The molecule has 0 fully saturated rings. The molecule has 2 aromatic carbocycles. The number of thiol groups is 1. The molecule has 0 saturated heterocycles. The first-order chi connectivity index (χ1) is 8.69. The van der Waals surface area contributed by atoms with E-state index in [-0.39, 0.29) is 4.90 Å². The van der Waals surface area contributed by atoms with E-state index in [1.807, 2.05) is 0 Å². The summed E-state index contributed by atoms with van der Waals surface area (Å²) in [4.78, 5) is 10.8. The van der Waals surface area contributed by atoms with Crippen LogP contribution in [-0.2, 0) is 10.7 Å². The van der Waals surface area contributed by atoms with Crippen LogP contribution in [0.5, 0.6) is 11.5 Å². The molecule has 0 heterocycles. The van der Waals surface area contributed by atoms with Gasteiger partial charge in [0.1, 0.15) is 17.8 Å². The topological polar surface area (TPSA) is 60.4 Å². The van der Waals surface area contributed by atoms with E-state index >= 15 is 0 Å². The van der Waals surface area contributed by atoms with Crippen LogP contribution in [0.4, 0.5) is 0 Å². The summed E-state index contributed by atoms with van der Waals surface area (Å²) in [5, 5.41) is 0. The summed E-state index contributed by atoms with van der Waals surface area (Å²) in [7, 11) is -2.58. The third kappa shape index (κ3) is 2.95. The maximum atomic E-state index is 10.7. The highest BCUT2D eigenvalue weighted by molar-refractivity contribution is 7.72. The number of rotatable bonds is 4. The fourth-order valence-electron chi connectivity index (χ4n) is 1.42. The van der Waals surface area contributed by atoms with Crippen molar-refractivity contribution in [3.8, 4) is 11.5 Å². The first-order valence-corrected chi connectivity index (χ1v) is 6.34. The third-order valence-electron chi connectivity index (χ3n) is 2.28. The van der Waals surface area contributed by atoms with Crippen molar-refractivity contribution in [2.75, 3.05) is 0 Å². The Morgan fingerprint density at radius 2 is 1.67 bits per heavy atom. The van der Waals surface area contributed by atoms with E-state index in [2.05, 4.69) is 0 Å². The zero-order valence-electron chi connectivity index (χ0n) is 9.28. The van der Waals surface area contributed by atoms with Crippen molar-refractivity contribution in [3.63, 3.8) is 0 Å². The largest absolute Gasteiger partial charge is 0.457 e. The van der Waals surface area contributed by atoms with Gasteiger partial charge in [-0.25, -0.2) is 8.42 Å². The highest BCUT2D eigenvalue weighted by Gasteiger charge is 2.00. The van der Waals surface area contributed by atoms with Gasteiger partial charge in [-0.05, 0) is 36.4 Å². The molecule has 0 aliphatic heterocycles. The fourth-order valence-corrected chi connectivity index (χ4v) is 1.82. The molecule has 92 valence electrons. The van der Waals surface area contributed by atoms with Crippen molar-refractivity contribution in [1.29, 1.82) is 0 Å². The number of carbonyl (C=O) groups is 1. The zero-order valence-corrected chi connectivity index (χ0v) is 10.2. The molecule has 0 N–H and O–H groups in total. The molecule has 0 aliphatic rings. The van der Waals surface area contributed by atoms with Crippen LogP contribution in [0.15, 0.2) is 53.4 Å². The SMILES string of the molecule is O=Cc1cccc(Oc2ccc([SH](=O)=O)cc2)c1. The highest BCUT2D eigenvalue weighted by Crippen LogP contribution is 2.22. The monoisotopic (exact) mass is 262 g/mol. The molecule has 2 aromatic rings. The minimum Gasteiger partial charge on any atom is -0.457 e. The smallest absolute Gasteiger partial charge is 0.168 e. The molecule has 0 atom stereocenters. The number of hydrogen-bond donors (Lipinski definition) is 1. The number of ether oxygens (including phenoxy) is 1. The van der Waals surface area contributed by atoms with Crippen LogP contribution in [0.25, 0.3) is 0 Å². The normalized spacial score (nSPS) is 10.3. The molecule has 2 rings (SSSR count). The zero-order chi connectivity index (χ0) is 13.0. The van der Waals surface area contributed by atoms with Gasteiger partial charge in [0.25, 0.3) is 0 Å². The van der Waals surface area contributed by atoms with E-state index in [0.29, 0.717) is 17.1 Å². The highest BCUT2D eigenvalue weighted by atomic mass is 32.2. The van der Waals surface area contributed by atoms with E-state index in [1.54, 1.807) is 36.4 Å². The molecule has 18 heavy (non-hydrogen) atoms. The lowest BCUT2D eigenvalue weighted by atomic mass is 10.2. The standard InChI is InChI=1S/C13H10O4S/c14-9-10-2-1-3-12(8-10)17-11-4-6-13(7-5-11)18(15)16/h1-9,18H. The first-order valence-electron chi connectivity index (χ1n) is 5.16. The summed E-state index contributed by atoms with van der Waals surface area (Å²) in [6.45, 7) is 0. The molecule has 4 nitrogen and oxygen atoms in total. The van der Waals surface area contributed by atoms with Crippen LogP contribution in [0.3, 0.4) is 0 Å². The molecule has 0 aromatic heterocycles. The van der Waals surface area contributed by atoms with Gasteiger partial charge in [-0.3, -0.25) is 4.79 Å². The lowest BCUT2D eigenvalue weighted by Gasteiger charge is -2.05. The number of benzene rings is 2. The molecule has 0 bridgehead atoms. The summed E-state index contributed by atoms with van der Waals surface area (Å²) in [6, 6.07) is 12.8. The molecule has 0 amide bonds. The van der Waals surface area contributed by atoms with Gasteiger partial charge >= 0.3 is 0 Å². The Labute approximate surface area is 106 Å². The number of carbonyl (C=O) groups excluding carboxylic acids is 1. The van der Waals surface area contributed by atoms with Crippen LogP contribution in [0.1, 0.15) is 10.4 Å². The number of aldehydes is 1. The number of hydrogen-bond acceptors (Lipinski definition) is 4. The van der Waals surface area contributed by atoms with Gasteiger partial charge in [0.15, 0.2) is 10.7 Å². The summed E-state index contributed by atoms with van der Waals surface area (Å²) in [5.74, 6) is 1.04. The Hall–Kier alpha value is -2.14. The van der Waals surface area contributed by atoms with Crippen LogP contribution >= 0.6 is 0 Å². The van der Waals surface area contributed by atoms with Crippen LogP contribution in [0.2, 0.25) is 0 Å². The van der Waals surface area contributed by atoms with E-state index in [1.165, 1.54) is 12.1 Å². The van der Waals surface area contributed by atoms with E-state index in [4.69, 9.17) is 4.74 Å². The van der Waals surface area contributed by atoms with Gasteiger partial charge in [-0.1, -0.05) is 12.1 Å². The molecule has 0 aliphatic carbocycles.